The molecule has 1 atom stereocenters. The van der Waals surface area contributed by atoms with Crippen molar-refractivity contribution in [3.05, 3.63) is 0 Å². The van der Waals surface area contributed by atoms with Gasteiger partial charge >= 0.3 is 6.02 Å². The lowest BCUT2D eigenvalue weighted by molar-refractivity contribution is 0.168. The van der Waals surface area contributed by atoms with Crippen LogP contribution in [0.1, 0.15) is 19.8 Å². The molecule has 94 valence electrons. The number of amidine groups is 1. The van der Waals surface area contributed by atoms with Gasteiger partial charge in [0.25, 0.3) is 0 Å². The van der Waals surface area contributed by atoms with E-state index in [9.17, 15) is 4.39 Å². The van der Waals surface area contributed by atoms with Crippen molar-refractivity contribution >= 4 is 12.2 Å². The Hall–Kier alpha value is -1.01. The first kappa shape index (κ1) is 15.0. The van der Waals surface area contributed by atoms with Gasteiger partial charge in [-0.1, -0.05) is 6.92 Å². The van der Waals surface area contributed by atoms with E-state index in [2.05, 4.69) is 9.98 Å². The minimum absolute atomic E-state index is 0.0695. The van der Waals surface area contributed by atoms with Gasteiger partial charge in [0.2, 0.25) is 0 Å². The van der Waals surface area contributed by atoms with Gasteiger partial charge in [-0.05, 0) is 6.42 Å². The minimum Gasteiger partial charge on any atom is -0.464 e. The third kappa shape index (κ3) is 8.31. The first-order chi connectivity index (χ1) is 7.74. The van der Waals surface area contributed by atoms with Crippen LogP contribution in [0.4, 0.5) is 4.39 Å². The fourth-order valence-corrected chi connectivity index (χ4v) is 0.819. The summed E-state index contributed by atoms with van der Waals surface area (Å²) in [6.07, 6.45) is 1.20. The second-order valence-corrected chi connectivity index (χ2v) is 3.02. The summed E-state index contributed by atoms with van der Waals surface area (Å²) in [4.78, 5) is 7.58. The van der Waals surface area contributed by atoms with Gasteiger partial charge in [-0.15, -0.1) is 0 Å². The molecule has 0 spiro atoms. The molecule has 0 aliphatic carbocycles. The van der Waals surface area contributed by atoms with E-state index in [0.29, 0.717) is 19.6 Å². The number of halogens is 1. The third-order valence-corrected chi connectivity index (χ3v) is 1.69. The van der Waals surface area contributed by atoms with E-state index in [4.69, 9.17) is 15.2 Å². The Morgan fingerprint density at radius 3 is 2.81 bits per heavy atom. The normalized spacial score (nSPS) is 14.4. The summed E-state index contributed by atoms with van der Waals surface area (Å²) >= 11 is 0. The molecule has 0 aromatic rings. The molecule has 0 rings (SSSR count). The molecule has 16 heavy (non-hydrogen) atoms. The van der Waals surface area contributed by atoms with Crippen molar-refractivity contribution in [1.29, 1.82) is 0 Å². The van der Waals surface area contributed by atoms with Gasteiger partial charge in [0.1, 0.15) is 6.17 Å². The Kier molecular flexibility index (Phi) is 9.84. The SMILES string of the molecule is CC[C@@H](F)/C=N\C(=N/CN)OCCCOC. The molecule has 5 nitrogen and oxygen atoms in total. The Balaban J connectivity index is 3.98. The Morgan fingerprint density at radius 1 is 1.50 bits per heavy atom. The maximum atomic E-state index is 12.9. The molecular weight excluding hydrogens is 213 g/mol. The Bertz CT molecular complexity index is 222. The number of alkyl halides is 1. The largest absolute Gasteiger partial charge is 0.464 e. The van der Waals surface area contributed by atoms with Crippen LogP contribution in [0.15, 0.2) is 9.98 Å². The maximum absolute atomic E-state index is 12.9. The number of nitrogens with two attached hydrogens (primary N) is 1. The first-order valence-electron chi connectivity index (χ1n) is 5.29. The lowest BCUT2D eigenvalue weighted by atomic mass is 10.3. The zero-order valence-corrected chi connectivity index (χ0v) is 9.86. The summed E-state index contributed by atoms with van der Waals surface area (Å²) in [6.45, 7) is 2.82. The van der Waals surface area contributed by atoms with Gasteiger partial charge < -0.3 is 15.2 Å². The number of aliphatic imine (C=N–C) groups is 2. The second kappa shape index (κ2) is 10.5. The minimum atomic E-state index is -1.08. The molecule has 0 radical (unpaired) electrons. The molecule has 0 heterocycles. The van der Waals surface area contributed by atoms with Gasteiger partial charge in [-0.2, -0.15) is 0 Å². The van der Waals surface area contributed by atoms with Crippen molar-refractivity contribution in [2.24, 2.45) is 15.7 Å². The summed E-state index contributed by atoms with van der Waals surface area (Å²) < 4.78 is 22.9. The highest BCUT2D eigenvalue weighted by Crippen LogP contribution is 1.94. The summed E-state index contributed by atoms with van der Waals surface area (Å²) in [7, 11) is 1.61. The summed E-state index contributed by atoms with van der Waals surface area (Å²) in [5.41, 5.74) is 5.24. The number of ether oxygens (including phenoxy) is 2. The van der Waals surface area contributed by atoms with Crippen molar-refractivity contribution in [3.63, 3.8) is 0 Å². The van der Waals surface area contributed by atoms with Crippen molar-refractivity contribution < 1.29 is 13.9 Å². The van der Waals surface area contributed by atoms with Gasteiger partial charge in [0.05, 0.1) is 13.3 Å². The van der Waals surface area contributed by atoms with E-state index < -0.39 is 6.17 Å². The van der Waals surface area contributed by atoms with Crippen LogP contribution >= 0.6 is 0 Å². The van der Waals surface area contributed by atoms with Gasteiger partial charge in [0, 0.05) is 26.4 Å². The molecule has 0 aliphatic rings. The number of methoxy groups -OCH3 is 1. The Morgan fingerprint density at radius 2 is 2.25 bits per heavy atom. The number of rotatable bonds is 7. The molecule has 0 aromatic carbocycles. The number of hydrogen-bond donors (Lipinski definition) is 1. The van der Waals surface area contributed by atoms with Crippen LogP contribution in [-0.2, 0) is 9.47 Å². The summed E-state index contributed by atoms with van der Waals surface area (Å²) in [5, 5.41) is 0. The van der Waals surface area contributed by atoms with E-state index in [1.807, 2.05) is 0 Å². The lowest BCUT2D eigenvalue weighted by Crippen LogP contribution is -2.10. The molecule has 6 heteroatoms. The zero-order valence-electron chi connectivity index (χ0n) is 9.86. The summed E-state index contributed by atoms with van der Waals surface area (Å²) in [6, 6.07) is 0.120. The van der Waals surface area contributed by atoms with Crippen molar-refractivity contribution in [2.75, 3.05) is 27.0 Å². The van der Waals surface area contributed by atoms with E-state index in [1.54, 1.807) is 14.0 Å². The molecular formula is C10H20FN3O2. The maximum Gasteiger partial charge on any atom is 0.312 e. The van der Waals surface area contributed by atoms with Crippen LogP contribution in [0.3, 0.4) is 0 Å². The van der Waals surface area contributed by atoms with Crippen molar-refractivity contribution in [3.8, 4) is 0 Å². The Labute approximate surface area is 95.5 Å². The highest BCUT2D eigenvalue weighted by molar-refractivity contribution is 5.84. The van der Waals surface area contributed by atoms with Crippen LogP contribution in [0.5, 0.6) is 0 Å². The quantitative estimate of drug-likeness (QED) is 0.407. The summed E-state index contributed by atoms with van der Waals surface area (Å²) in [5.74, 6) is 0. The number of nitrogens with zero attached hydrogens (tertiary/aromatic N) is 2. The highest BCUT2D eigenvalue weighted by Gasteiger charge is 2.00. The van der Waals surface area contributed by atoms with Crippen LogP contribution in [0, 0.1) is 0 Å². The second-order valence-electron chi connectivity index (χ2n) is 3.02. The molecule has 0 saturated carbocycles. The van der Waals surface area contributed by atoms with Crippen LogP contribution < -0.4 is 5.73 Å². The van der Waals surface area contributed by atoms with Crippen molar-refractivity contribution in [2.45, 2.75) is 25.9 Å². The fourth-order valence-electron chi connectivity index (χ4n) is 0.819. The van der Waals surface area contributed by atoms with Crippen LogP contribution in [0.25, 0.3) is 0 Å². The standard InChI is InChI=1S/C10H20FN3O2/c1-3-9(11)7-13-10(14-8-12)16-6-4-5-15-2/h7,9H,3-6,8,12H2,1-2H3/b13-7-,14-10+/t9-/m1/s1. The van der Waals surface area contributed by atoms with E-state index >= 15 is 0 Å². The van der Waals surface area contributed by atoms with E-state index in [1.165, 1.54) is 6.21 Å². The molecule has 0 fully saturated rings. The molecule has 0 unspecified atom stereocenters. The van der Waals surface area contributed by atoms with E-state index in [0.717, 1.165) is 6.42 Å². The molecule has 0 saturated heterocycles. The molecule has 0 bridgehead atoms. The first-order valence-corrected chi connectivity index (χ1v) is 5.29. The lowest BCUT2D eigenvalue weighted by Gasteiger charge is -2.04. The highest BCUT2D eigenvalue weighted by atomic mass is 19.1. The van der Waals surface area contributed by atoms with Gasteiger partial charge in [0.15, 0.2) is 0 Å². The van der Waals surface area contributed by atoms with Gasteiger partial charge in [-0.25, -0.2) is 14.4 Å². The topological polar surface area (TPSA) is 69.2 Å². The van der Waals surface area contributed by atoms with E-state index in [-0.39, 0.29) is 12.7 Å². The molecule has 2 N–H and O–H groups in total. The van der Waals surface area contributed by atoms with Gasteiger partial charge in [-0.3, -0.25) is 0 Å². The van der Waals surface area contributed by atoms with Crippen LogP contribution in [-0.4, -0.2) is 45.4 Å². The number of hydrogen-bond acceptors (Lipinski definition) is 4. The average molecular weight is 233 g/mol. The molecule has 0 aromatic heterocycles. The fraction of sp³-hybridized carbons (Fsp3) is 0.800. The predicted octanol–water partition coefficient (Wildman–Crippen LogP) is 1.13. The van der Waals surface area contributed by atoms with Crippen LogP contribution in [0.2, 0.25) is 0 Å². The third-order valence-electron chi connectivity index (χ3n) is 1.69. The molecule has 0 aliphatic heterocycles. The average Bonchev–Trinajstić information content (AvgIpc) is 2.30. The predicted molar refractivity (Wildman–Crippen MR) is 62.6 cm³/mol. The molecule has 0 amide bonds. The zero-order chi connectivity index (χ0) is 12.2. The monoisotopic (exact) mass is 233 g/mol. The van der Waals surface area contributed by atoms with Crippen molar-refractivity contribution in [1.82, 2.24) is 0 Å². The smallest absolute Gasteiger partial charge is 0.312 e.